The topological polar surface area (TPSA) is 64.6 Å². The second kappa shape index (κ2) is 18.5. The normalized spacial score (nSPS) is 15.5. The number of amides is 1. The Kier molecular flexibility index (Phi) is 16.5. The molecule has 0 aromatic carbocycles. The van der Waals surface area contributed by atoms with E-state index in [1.54, 1.807) is 0 Å². The lowest BCUT2D eigenvalue weighted by Gasteiger charge is -2.29. The van der Waals surface area contributed by atoms with E-state index >= 15 is 0 Å². The van der Waals surface area contributed by atoms with Crippen LogP contribution in [0.1, 0.15) is 123 Å². The van der Waals surface area contributed by atoms with Crippen molar-refractivity contribution < 1.29 is 19.1 Å². The zero-order valence-electron chi connectivity index (χ0n) is 19.7. The van der Waals surface area contributed by atoms with E-state index < -0.39 is 12.1 Å². The molecule has 0 radical (unpaired) electrons. The van der Waals surface area contributed by atoms with Crippen molar-refractivity contribution in [2.75, 3.05) is 13.2 Å². The molecule has 0 aliphatic heterocycles. The van der Waals surface area contributed by atoms with Gasteiger partial charge in [0.15, 0.2) is 0 Å². The summed E-state index contributed by atoms with van der Waals surface area (Å²) in [6.45, 7) is 5.25. The van der Waals surface area contributed by atoms with Gasteiger partial charge in [-0.05, 0) is 31.6 Å². The van der Waals surface area contributed by atoms with Gasteiger partial charge in [-0.25, -0.2) is 9.59 Å². The highest BCUT2D eigenvalue weighted by Crippen LogP contribution is 2.27. The van der Waals surface area contributed by atoms with Crippen molar-refractivity contribution in [3.63, 3.8) is 0 Å². The molecule has 0 heterocycles. The average Bonchev–Trinajstić information content (AvgIpc) is 2.76. The third-order valence-electron chi connectivity index (χ3n) is 6.12. The third-order valence-corrected chi connectivity index (χ3v) is 6.12. The summed E-state index contributed by atoms with van der Waals surface area (Å²) >= 11 is 0. The van der Waals surface area contributed by atoms with Crippen molar-refractivity contribution in [2.24, 2.45) is 5.92 Å². The van der Waals surface area contributed by atoms with Gasteiger partial charge < -0.3 is 14.8 Å². The maximum atomic E-state index is 12.6. The fraction of sp³-hybridized carbons (Fsp3) is 0.920. The second-order valence-electron chi connectivity index (χ2n) is 8.86. The van der Waals surface area contributed by atoms with Crippen LogP contribution in [0.25, 0.3) is 0 Å². The quantitative estimate of drug-likeness (QED) is 0.203. The van der Waals surface area contributed by atoms with Crippen molar-refractivity contribution >= 4 is 12.1 Å². The van der Waals surface area contributed by atoms with Gasteiger partial charge in [-0.2, -0.15) is 0 Å². The molecule has 1 rings (SSSR count). The standard InChI is InChI=1S/C25H47NO4/c1-3-5-7-9-10-11-12-17-21-30-25(28)26-23(22-18-14-13-15-19-22)24(27)29-20-16-8-6-4-2/h22-23H,3-21H2,1-2H3,(H,26,28). The minimum absolute atomic E-state index is 0.164. The zero-order chi connectivity index (χ0) is 21.9. The molecule has 30 heavy (non-hydrogen) atoms. The molecule has 1 aliphatic rings. The molecule has 1 amide bonds. The highest BCUT2D eigenvalue weighted by molar-refractivity contribution is 5.81. The van der Waals surface area contributed by atoms with Crippen molar-refractivity contribution in [1.82, 2.24) is 5.32 Å². The van der Waals surface area contributed by atoms with E-state index in [-0.39, 0.29) is 11.9 Å². The number of nitrogens with one attached hydrogen (secondary N) is 1. The first-order chi connectivity index (χ1) is 14.7. The molecule has 1 N–H and O–H groups in total. The van der Waals surface area contributed by atoms with Crippen LogP contribution in [-0.4, -0.2) is 31.3 Å². The molecule has 1 aliphatic carbocycles. The molecule has 1 unspecified atom stereocenters. The van der Waals surface area contributed by atoms with Gasteiger partial charge in [0.2, 0.25) is 0 Å². The van der Waals surface area contributed by atoms with E-state index in [0.29, 0.717) is 13.2 Å². The van der Waals surface area contributed by atoms with Gasteiger partial charge in [0.25, 0.3) is 0 Å². The molecular formula is C25H47NO4. The molecule has 0 aromatic rings. The molecular weight excluding hydrogens is 378 g/mol. The van der Waals surface area contributed by atoms with Crippen LogP contribution < -0.4 is 5.32 Å². The number of hydrogen-bond acceptors (Lipinski definition) is 4. The molecule has 1 saturated carbocycles. The van der Waals surface area contributed by atoms with E-state index in [4.69, 9.17) is 9.47 Å². The monoisotopic (exact) mass is 425 g/mol. The van der Waals surface area contributed by atoms with Crippen molar-refractivity contribution in [3.8, 4) is 0 Å². The Morgan fingerprint density at radius 3 is 1.83 bits per heavy atom. The summed E-state index contributed by atoms with van der Waals surface area (Å²) in [5.41, 5.74) is 0. The number of carbonyl (C=O) groups is 2. The van der Waals surface area contributed by atoms with Crippen LogP contribution in [0.4, 0.5) is 4.79 Å². The van der Waals surface area contributed by atoms with Crippen LogP contribution in [-0.2, 0) is 14.3 Å². The van der Waals surface area contributed by atoms with Gasteiger partial charge in [0, 0.05) is 0 Å². The van der Waals surface area contributed by atoms with Gasteiger partial charge in [-0.15, -0.1) is 0 Å². The molecule has 0 bridgehead atoms. The molecule has 1 atom stereocenters. The van der Waals surface area contributed by atoms with Gasteiger partial charge in [0.05, 0.1) is 13.2 Å². The average molecular weight is 426 g/mol. The number of ether oxygens (including phenoxy) is 2. The third kappa shape index (κ3) is 13.1. The number of carbonyl (C=O) groups excluding carboxylic acids is 2. The van der Waals surface area contributed by atoms with Crippen molar-refractivity contribution in [3.05, 3.63) is 0 Å². The molecule has 5 nitrogen and oxygen atoms in total. The summed E-state index contributed by atoms with van der Waals surface area (Å²) in [6, 6.07) is -0.567. The van der Waals surface area contributed by atoms with E-state index in [0.717, 1.165) is 64.2 Å². The second-order valence-corrected chi connectivity index (χ2v) is 8.86. The highest BCUT2D eigenvalue weighted by atomic mass is 16.6. The van der Waals surface area contributed by atoms with Crippen molar-refractivity contribution in [1.29, 1.82) is 0 Å². The number of rotatable bonds is 17. The first-order valence-electron chi connectivity index (χ1n) is 12.8. The van der Waals surface area contributed by atoms with Crippen LogP contribution in [0.2, 0.25) is 0 Å². The van der Waals surface area contributed by atoms with Gasteiger partial charge in [0.1, 0.15) is 6.04 Å². The minimum atomic E-state index is -0.567. The SMILES string of the molecule is CCCCCCCCCCOC(=O)NC(C(=O)OCCCCCC)C1CCCCC1. The summed E-state index contributed by atoms with van der Waals surface area (Å²) in [7, 11) is 0. The summed E-state index contributed by atoms with van der Waals surface area (Å²) in [5.74, 6) is -0.125. The van der Waals surface area contributed by atoms with Gasteiger partial charge in [-0.1, -0.05) is 97.3 Å². The van der Waals surface area contributed by atoms with Crippen LogP contribution >= 0.6 is 0 Å². The molecule has 176 valence electrons. The summed E-state index contributed by atoms with van der Waals surface area (Å²) < 4.78 is 10.9. The van der Waals surface area contributed by atoms with Crippen molar-refractivity contribution in [2.45, 2.75) is 129 Å². The lowest BCUT2D eigenvalue weighted by atomic mass is 9.84. The smallest absolute Gasteiger partial charge is 0.407 e. The lowest BCUT2D eigenvalue weighted by molar-refractivity contribution is -0.148. The predicted molar refractivity (Wildman–Crippen MR) is 123 cm³/mol. The Hall–Kier alpha value is -1.26. The summed E-state index contributed by atoms with van der Waals surface area (Å²) in [4.78, 5) is 24.9. The minimum Gasteiger partial charge on any atom is -0.464 e. The maximum absolute atomic E-state index is 12.6. The number of unbranched alkanes of at least 4 members (excludes halogenated alkanes) is 10. The van der Waals surface area contributed by atoms with E-state index in [1.807, 2.05) is 0 Å². The lowest BCUT2D eigenvalue weighted by Crippen LogP contribution is -2.47. The fourth-order valence-corrected chi connectivity index (χ4v) is 4.20. The predicted octanol–water partition coefficient (Wildman–Crippen LogP) is 6.93. The zero-order valence-corrected chi connectivity index (χ0v) is 19.7. The summed E-state index contributed by atoms with van der Waals surface area (Å²) in [6.07, 6.45) is 18.8. The highest BCUT2D eigenvalue weighted by Gasteiger charge is 2.32. The van der Waals surface area contributed by atoms with Crippen LogP contribution in [0.15, 0.2) is 0 Å². The van der Waals surface area contributed by atoms with Crippen LogP contribution in [0.3, 0.4) is 0 Å². The first kappa shape index (κ1) is 26.8. The molecule has 1 fully saturated rings. The molecule has 0 saturated heterocycles. The van der Waals surface area contributed by atoms with Gasteiger partial charge in [-0.3, -0.25) is 0 Å². The Bertz CT molecular complexity index is 435. The fourth-order valence-electron chi connectivity index (χ4n) is 4.20. The van der Waals surface area contributed by atoms with Crippen LogP contribution in [0.5, 0.6) is 0 Å². The number of alkyl carbamates (subject to hydrolysis) is 1. The Morgan fingerprint density at radius 1 is 0.733 bits per heavy atom. The molecule has 5 heteroatoms. The van der Waals surface area contributed by atoms with E-state index in [1.165, 1.54) is 44.9 Å². The van der Waals surface area contributed by atoms with E-state index in [2.05, 4.69) is 19.2 Å². The number of esters is 1. The number of hydrogen-bond donors (Lipinski definition) is 1. The van der Waals surface area contributed by atoms with Crippen LogP contribution in [0, 0.1) is 5.92 Å². The Balaban J connectivity index is 2.28. The van der Waals surface area contributed by atoms with Gasteiger partial charge >= 0.3 is 12.1 Å². The Labute approximate surface area is 185 Å². The maximum Gasteiger partial charge on any atom is 0.407 e. The molecule has 0 spiro atoms. The largest absolute Gasteiger partial charge is 0.464 e. The summed E-state index contributed by atoms with van der Waals surface area (Å²) in [5, 5.41) is 2.83. The van der Waals surface area contributed by atoms with E-state index in [9.17, 15) is 9.59 Å². The Morgan fingerprint density at radius 2 is 1.23 bits per heavy atom. The first-order valence-corrected chi connectivity index (χ1v) is 12.8. The molecule has 0 aromatic heterocycles.